The Morgan fingerprint density at radius 1 is 1.11 bits per heavy atom. The van der Waals surface area contributed by atoms with Gasteiger partial charge in [-0.05, 0) is 30.4 Å². The summed E-state index contributed by atoms with van der Waals surface area (Å²) in [6.07, 6.45) is 5.10. The van der Waals surface area contributed by atoms with Crippen LogP contribution in [0.3, 0.4) is 0 Å². The lowest BCUT2D eigenvalue weighted by Gasteiger charge is -2.06. The van der Waals surface area contributed by atoms with Gasteiger partial charge in [-0.15, -0.1) is 0 Å². The molecule has 1 aromatic heterocycles. The van der Waals surface area contributed by atoms with Crippen LogP contribution < -0.4 is 4.74 Å². The van der Waals surface area contributed by atoms with Gasteiger partial charge in [-0.25, -0.2) is 9.78 Å². The topological polar surface area (TPSA) is 56.3 Å². The van der Waals surface area contributed by atoms with Crippen molar-refractivity contribution in [3.63, 3.8) is 0 Å². The van der Waals surface area contributed by atoms with Gasteiger partial charge in [-0.2, -0.15) is 0 Å². The van der Waals surface area contributed by atoms with Gasteiger partial charge < -0.3 is 4.74 Å². The molecule has 19 heavy (non-hydrogen) atoms. The van der Waals surface area contributed by atoms with Crippen molar-refractivity contribution in [2.45, 2.75) is 0 Å². The predicted octanol–water partition coefficient (Wildman–Crippen LogP) is 2.51. The number of carbonyl (C=O) groups is 2. The van der Waals surface area contributed by atoms with Gasteiger partial charge in [0.05, 0.1) is 0 Å². The number of rotatable bonds is 4. The van der Waals surface area contributed by atoms with Crippen LogP contribution >= 0.6 is 0 Å². The number of para-hydroxylation sites is 1. The molecule has 1 heterocycles. The van der Waals surface area contributed by atoms with Gasteiger partial charge in [0.2, 0.25) is 0 Å². The van der Waals surface area contributed by atoms with E-state index >= 15 is 0 Å². The fourth-order valence-corrected chi connectivity index (χ4v) is 1.49. The van der Waals surface area contributed by atoms with Crippen LogP contribution in [-0.4, -0.2) is 17.2 Å². The van der Waals surface area contributed by atoms with Crippen molar-refractivity contribution in [3.05, 3.63) is 66.0 Å². The molecule has 0 fully saturated rings. The first-order valence-corrected chi connectivity index (χ1v) is 5.65. The Balaban J connectivity index is 2.22. The molecule has 0 bridgehead atoms. The lowest BCUT2D eigenvalue weighted by atomic mass is 10.2. The molecule has 0 amide bonds. The van der Waals surface area contributed by atoms with E-state index in [0.717, 1.165) is 0 Å². The van der Waals surface area contributed by atoms with Crippen molar-refractivity contribution in [1.29, 1.82) is 0 Å². The van der Waals surface area contributed by atoms with Gasteiger partial charge in [-0.1, -0.05) is 24.3 Å². The molecule has 0 aliphatic heterocycles. The first-order valence-electron chi connectivity index (χ1n) is 5.65. The van der Waals surface area contributed by atoms with Crippen LogP contribution in [0.5, 0.6) is 5.75 Å². The first-order chi connectivity index (χ1) is 9.31. The van der Waals surface area contributed by atoms with Gasteiger partial charge >= 0.3 is 5.97 Å². The predicted molar refractivity (Wildman–Crippen MR) is 70.7 cm³/mol. The third-order valence-electron chi connectivity index (χ3n) is 2.35. The molecule has 0 atom stereocenters. The maximum Gasteiger partial charge on any atom is 0.362 e. The molecule has 0 aliphatic rings. The average Bonchev–Trinajstić information content (AvgIpc) is 2.47. The van der Waals surface area contributed by atoms with E-state index in [1.807, 2.05) is 0 Å². The number of pyridine rings is 1. The van der Waals surface area contributed by atoms with Gasteiger partial charge in [0, 0.05) is 11.8 Å². The number of aromatic nitrogens is 1. The SMILES string of the molecule is O=C/C=C/c1ccccc1OC(=O)c1ccccn1. The fourth-order valence-electron chi connectivity index (χ4n) is 1.49. The highest BCUT2D eigenvalue weighted by Gasteiger charge is 2.10. The quantitative estimate of drug-likeness (QED) is 0.363. The van der Waals surface area contributed by atoms with Crippen LogP contribution in [0.1, 0.15) is 16.1 Å². The molecule has 0 unspecified atom stereocenters. The number of nitrogens with zero attached hydrogens (tertiary/aromatic N) is 1. The lowest BCUT2D eigenvalue weighted by molar-refractivity contribution is -0.104. The van der Waals surface area contributed by atoms with E-state index in [1.54, 1.807) is 48.5 Å². The second-order valence-corrected chi connectivity index (χ2v) is 3.64. The van der Waals surface area contributed by atoms with E-state index in [9.17, 15) is 9.59 Å². The van der Waals surface area contributed by atoms with Crippen LogP contribution in [0.4, 0.5) is 0 Å². The third-order valence-corrected chi connectivity index (χ3v) is 2.35. The minimum absolute atomic E-state index is 0.233. The Bertz CT molecular complexity index is 606. The zero-order valence-corrected chi connectivity index (χ0v) is 10.0. The first kappa shape index (κ1) is 12.7. The molecule has 0 saturated heterocycles. The molecular formula is C15H11NO3. The summed E-state index contributed by atoms with van der Waals surface area (Å²) in [6, 6.07) is 12.0. The molecule has 0 radical (unpaired) electrons. The van der Waals surface area contributed by atoms with E-state index in [2.05, 4.69) is 4.98 Å². The number of allylic oxidation sites excluding steroid dienone is 1. The van der Waals surface area contributed by atoms with E-state index in [1.165, 1.54) is 12.3 Å². The monoisotopic (exact) mass is 253 g/mol. The maximum absolute atomic E-state index is 11.9. The number of aldehydes is 1. The highest BCUT2D eigenvalue weighted by atomic mass is 16.5. The Morgan fingerprint density at radius 2 is 1.89 bits per heavy atom. The Hall–Kier alpha value is -2.75. The number of carbonyl (C=O) groups excluding carboxylic acids is 2. The standard InChI is InChI=1S/C15H11NO3/c17-11-5-7-12-6-1-2-9-14(12)19-15(18)13-8-3-4-10-16-13/h1-11H/b7-5+. The number of esters is 1. The average molecular weight is 253 g/mol. The van der Waals surface area contributed by atoms with Crippen molar-refractivity contribution < 1.29 is 14.3 Å². The molecule has 0 aliphatic carbocycles. The summed E-state index contributed by atoms with van der Waals surface area (Å²) in [5, 5.41) is 0. The van der Waals surface area contributed by atoms with Crippen molar-refractivity contribution in [1.82, 2.24) is 4.98 Å². The van der Waals surface area contributed by atoms with Crippen molar-refractivity contribution in [2.24, 2.45) is 0 Å². The van der Waals surface area contributed by atoms with E-state index in [0.29, 0.717) is 17.6 Å². The zero-order valence-electron chi connectivity index (χ0n) is 10.0. The number of benzene rings is 1. The molecule has 4 heteroatoms. The Kier molecular flexibility index (Phi) is 4.18. The highest BCUT2D eigenvalue weighted by Crippen LogP contribution is 2.20. The summed E-state index contributed by atoms with van der Waals surface area (Å²) in [6.45, 7) is 0. The minimum Gasteiger partial charge on any atom is -0.421 e. The molecule has 2 aromatic rings. The van der Waals surface area contributed by atoms with Gasteiger partial charge in [0.25, 0.3) is 0 Å². The molecule has 4 nitrogen and oxygen atoms in total. The largest absolute Gasteiger partial charge is 0.421 e. The Labute approximate surface area is 110 Å². The lowest BCUT2D eigenvalue weighted by Crippen LogP contribution is -2.10. The Morgan fingerprint density at radius 3 is 2.63 bits per heavy atom. The van der Waals surface area contributed by atoms with Crippen molar-refractivity contribution >= 4 is 18.3 Å². The second-order valence-electron chi connectivity index (χ2n) is 3.64. The summed E-state index contributed by atoms with van der Waals surface area (Å²) in [5.41, 5.74) is 0.885. The fraction of sp³-hybridized carbons (Fsp3) is 0. The summed E-state index contributed by atoms with van der Waals surface area (Å²) in [7, 11) is 0. The molecule has 0 N–H and O–H groups in total. The normalized spacial score (nSPS) is 10.3. The van der Waals surface area contributed by atoms with Crippen LogP contribution in [0, 0.1) is 0 Å². The molecular weight excluding hydrogens is 242 g/mol. The van der Waals surface area contributed by atoms with E-state index < -0.39 is 5.97 Å². The summed E-state index contributed by atoms with van der Waals surface area (Å²) in [5.74, 6) is -0.149. The van der Waals surface area contributed by atoms with Gasteiger partial charge in [0.15, 0.2) is 0 Å². The number of hydrogen-bond donors (Lipinski definition) is 0. The smallest absolute Gasteiger partial charge is 0.362 e. The van der Waals surface area contributed by atoms with Crippen LogP contribution in [-0.2, 0) is 4.79 Å². The van der Waals surface area contributed by atoms with Crippen LogP contribution in [0.25, 0.3) is 6.08 Å². The van der Waals surface area contributed by atoms with Crippen molar-refractivity contribution in [2.75, 3.05) is 0 Å². The van der Waals surface area contributed by atoms with Gasteiger partial charge in [-0.3, -0.25) is 4.79 Å². The molecule has 2 rings (SSSR count). The summed E-state index contributed by atoms with van der Waals surface area (Å²) < 4.78 is 5.26. The number of ether oxygens (including phenoxy) is 1. The third kappa shape index (κ3) is 3.35. The van der Waals surface area contributed by atoms with Crippen LogP contribution in [0.15, 0.2) is 54.7 Å². The highest BCUT2D eigenvalue weighted by molar-refractivity contribution is 5.89. The molecule has 1 aromatic carbocycles. The van der Waals surface area contributed by atoms with Crippen molar-refractivity contribution in [3.8, 4) is 5.75 Å². The molecule has 0 saturated carbocycles. The van der Waals surface area contributed by atoms with Gasteiger partial charge in [0.1, 0.15) is 17.7 Å². The summed E-state index contributed by atoms with van der Waals surface area (Å²) >= 11 is 0. The second kappa shape index (κ2) is 6.26. The molecule has 94 valence electrons. The molecule has 0 spiro atoms. The minimum atomic E-state index is -0.535. The van der Waals surface area contributed by atoms with Crippen LogP contribution in [0.2, 0.25) is 0 Å². The summed E-state index contributed by atoms with van der Waals surface area (Å²) in [4.78, 5) is 26.1. The zero-order chi connectivity index (χ0) is 13.5. The maximum atomic E-state index is 11.9. The van der Waals surface area contributed by atoms with E-state index in [4.69, 9.17) is 4.74 Å². The van der Waals surface area contributed by atoms with E-state index in [-0.39, 0.29) is 5.69 Å². The number of hydrogen-bond acceptors (Lipinski definition) is 4.